The Morgan fingerprint density at radius 2 is 2.08 bits per heavy atom. The van der Waals surface area contributed by atoms with Gasteiger partial charge in [0.2, 0.25) is 0 Å². The van der Waals surface area contributed by atoms with Crippen molar-refractivity contribution in [1.82, 2.24) is 5.32 Å². The van der Waals surface area contributed by atoms with Crippen LogP contribution in [-0.2, 0) is 14.2 Å². The third kappa shape index (κ3) is 7.19. The molecule has 1 aliphatic rings. The number of aliphatic hydroxyl groups excluding tert-OH is 1. The van der Waals surface area contributed by atoms with Crippen LogP contribution in [0.3, 0.4) is 0 Å². The van der Waals surface area contributed by atoms with Gasteiger partial charge in [0, 0.05) is 18.7 Å². The summed E-state index contributed by atoms with van der Waals surface area (Å²) in [4.78, 5) is 11.3. The van der Waals surface area contributed by atoms with Crippen LogP contribution in [0.1, 0.15) is 44.5 Å². The van der Waals surface area contributed by atoms with Gasteiger partial charge in [0.05, 0.1) is 25.9 Å². The molecule has 1 saturated heterocycles. The number of hydrogen-bond donors (Lipinski definition) is 2. The molecule has 1 amide bonds. The van der Waals surface area contributed by atoms with Crippen LogP contribution in [0.15, 0.2) is 24.3 Å². The third-order valence-corrected chi connectivity index (χ3v) is 3.97. The Balaban J connectivity index is 1.57. The molecular formula is C19H29NO6. The van der Waals surface area contributed by atoms with E-state index in [4.69, 9.17) is 24.1 Å². The zero-order chi connectivity index (χ0) is 18.6. The summed E-state index contributed by atoms with van der Waals surface area (Å²) in [6.45, 7) is 4.03. The summed E-state index contributed by atoms with van der Waals surface area (Å²) < 4.78 is 22.1. The summed E-state index contributed by atoms with van der Waals surface area (Å²) in [5.74, 6) is 0.839. The average molecular weight is 367 g/mol. The summed E-state index contributed by atoms with van der Waals surface area (Å²) in [5.41, 5.74) is 0.985. The second kappa shape index (κ2) is 11.7. The summed E-state index contributed by atoms with van der Waals surface area (Å²) in [7, 11) is 0. The highest BCUT2D eigenvalue weighted by molar-refractivity contribution is 5.66. The van der Waals surface area contributed by atoms with Crippen LogP contribution in [0.5, 0.6) is 5.75 Å². The third-order valence-electron chi connectivity index (χ3n) is 3.97. The van der Waals surface area contributed by atoms with Gasteiger partial charge in [-0.25, -0.2) is 4.79 Å². The van der Waals surface area contributed by atoms with Crippen LogP contribution in [0.4, 0.5) is 4.79 Å². The number of unbranched alkanes of at least 4 members (excludes halogenated alkanes) is 1. The first-order valence-corrected chi connectivity index (χ1v) is 9.24. The van der Waals surface area contributed by atoms with E-state index in [-0.39, 0.29) is 19.0 Å². The molecule has 2 rings (SSSR count). The van der Waals surface area contributed by atoms with Gasteiger partial charge in [-0.3, -0.25) is 0 Å². The van der Waals surface area contributed by atoms with Crippen molar-refractivity contribution in [3.63, 3.8) is 0 Å². The zero-order valence-electron chi connectivity index (χ0n) is 15.3. The normalized spacial score (nSPS) is 19.3. The van der Waals surface area contributed by atoms with Crippen molar-refractivity contribution in [1.29, 1.82) is 0 Å². The molecule has 0 saturated carbocycles. The van der Waals surface area contributed by atoms with Gasteiger partial charge < -0.3 is 29.4 Å². The van der Waals surface area contributed by atoms with E-state index in [2.05, 4.69) is 5.32 Å². The molecule has 26 heavy (non-hydrogen) atoms. The molecule has 0 aromatic heterocycles. The van der Waals surface area contributed by atoms with Crippen LogP contribution in [-0.4, -0.2) is 50.3 Å². The number of aliphatic hydroxyl groups is 1. The van der Waals surface area contributed by atoms with Crippen LogP contribution in [0, 0.1) is 0 Å². The summed E-state index contributed by atoms with van der Waals surface area (Å²) in [6.07, 6.45) is 2.37. The fourth-order valence-corrected chi connectivity index (χ4v) is 2.62. The molecule has 0 radical (unpaired) electrons. The van der Waals surface area contributed by atoms with Gasteiger partial charge in [-0.2, -0.15) is 0 Å². The first-order chi connectivity index (χ1) is 12.7. The predicted octanol–water partition coefficient (Wildman–Crippen LogP) is 2.78. The number of rotatable bonds is 11. The van der Waals surface area contributed by atoms with E-state index in [0.29, 0.717) is 32.8 Å². The van der Waals surface area contributed by atoms with Crippen molar-refractivity contribution in [2.75, 3.05) is 33.0 Å². The van der Waals surface area contributed by atoms with E-state index in [0.717, 1.165) is 30.6 Å². The van der Waals surface area contributed by atoms with Crippen molar-refractivity contribution in [2.24, 2.45) is 0 Å². The molecule has 1 heterocycles. The number of carbonyl (C=O) groups excluding carboxylic acids is 1. The maximum atomic E-state index is 11.3. The highest BCUT2D eigenvalue weighted by Gasteiger charge is 2.26. The molecule has 0 spiro atoms. The minimum absolute atomic E-state index is 0.0569. The van der Waals surface area contributed by atoms with Gasteiger partial charge in [-0.05, 0) is 44.7 Å². The van der Waals surface area contributed by atoms with Crippen LogP contribution >= 0.6 is 0 Å². The first-order valence-electron chi connectivity index (χ1n) is 9.24. The molecule has 7 heteroatoms. The van der Waals surface area contributed by atoms with Gasteiger partial charge in [0.15, 0.2) is 6.29 Å². The fraction of sp³-hybridized carbons (Fsp3) is 0.632. The number of alkyl carbamates (subject to hydrolysis) is 1. The number of nitrogens with one attached hydrogen (secondary N) is 1. The monoisotopic (exact) mass is 367 g/mol. The molecule has 1 aromatic rings. The molecule has 7 nitrogen and oxygen atoms in total. The van der Waals surface area contributed by atoms with E-state index in [1.807, 2.05) is 31.2 Å². The molecule has 2 atom stereocenters. The average Bonchev–Trinajstić information content (AvgIpc) is 3.11. The quantitative estimate of drug-likeness (QED) is 0.585. The van der Waals surface area contributed by atoms with E-state index < -0.39 is 6.09 Å². The Bertz CT molecular complexity index is 521. The van der Waals surface area contributed by atoms with E-state index in [9.17, 15) is 4.79 Å². The van der Waals surface area contributed by atoms with Gasteiger partial charge in [0.1, 0.15) is 5.75 Å². The Hall–Kier alpha value is -1.83. The van der Waals surface area contributed by atoms with E-state index in [1.165, 1.54) is 0 Å². The maximum Gasteiger partial charge on any atom is 0.407 e. The summed E-state index contributed by atoms with van der Waals surface area (Å²) in [6, 6.07) is 7.76. The van der Waals surface area contributed by atoms with Crippen molar-refractivity contribution in [3.8, 4) is 5.75 Å². The second-order valence-corrected chi connectivity index (χ2v) is 6.06. The number of amides is 1. The summed E-state index contributed by atoms with van der Waals surface area (Å²) >= 11 is 0. The standard InChI is InChI=1S/C19H29NO6/c1-2-23-16-9-7-15(8-10-16)18-25-14-17(26-18)6-3-4-13-24-19(22)20-11-5-12-21/h7-10,17-18,21H,2-6,11-14H2,1H3,(H,20,22). The zero-order valence-corrected chi connectivity index (χ0v) is 15.3. The SMILES string of the molecule is CCOc1ccc(C2OCC(CCCCOC(=O)NCCCO)O2)cc1. The lowest BCUT2D eigenvalue weighted by atomic mass is 10.1. The van der Waals surface area contributed by atoms with Crippen LogP contribution < -0.4 is 10.1 Å². The molecule has 1 aliphatic heterocycles. The molecule has 0 bridgehead atoms. The Kier molecular flexibility index (Phi) is 9.23. The van der Waals surface area contributed by atoms with Gasteiger partial charge in [-0.15, -0.1) is 0 Å². The van der Waals surface area contributed by atoms with Crippen molar-refractivity contribution < 1.29 is 28.8 Å². The predicted molar refractivity (Wildman–Crippen MR) is 96.1 cm³/mol. The molecule has 2 N–H and O–H groups in total. The highest BCUT2D eigenvalue weighted by atomic mass is 16.7. The Morgan fingerprint density at radius 1 is 1.27 bits per heavy atom. The lowest BCUT2D eigenvalue weighted by Crippen LogP contribution is -2.26. The topological polar surface area (TPSA) is 86.3 Å². The number of hydrogen-bond acceptors (Lipinski definition) is 6. The Labute approximate surface area is 154 Å². The van der Waals surface area contributed by atoms with Gasteiger partial charge in [-0.1, -0.05) is 12.1 Å². The molecule has 0 aliphatic carbocycles. The fourth-order valence-electron chi connectivity index (χ4n) is 2.62. The number of ether oxygens (including phenoxy) is 4. The van der Waals surface area contributed by atoms with Crippen LogP contribution in [0.2, 0.25) is 0 Å². The largest absolute Gasteiger partial charge is 0.494 e. The molecule has 1 fully saturated rings. The minimum Gasteiger partial charge on any atom is -0.494 e. The Morgan fingerprint density at radius 3 is 2.81 bits per heavy atom. The molecule has 1 aromatic carbocycles. The minimum atomic E-state index is -0.436. The van der Waals surface area contributed by atoms with Crippen molar-refractivity contribution in [3.05, 3.63) is 29.8 Å². The second-order valence-electron chi connectivity index (χ2n) is 6.06. The van der Waals surface area contributed by atoms with E-state index >= 15 is 0 Å². The molecule has 146 valence electrons. The highest BCUT2D eigenvalue weighted by Crippen LogP contribution is 2.30. The molecule has 2 unspecified atom stereocenters. The number of benzene rings is 1. The smallest absolute Gasteiger partial charge is 0.407 e. The van der Waals surface area contributed by atoms with Crippen LogP contribution in [0.25, 0.3) is 0 Å². The molecular weight excluding hydrogens is 338 g/mol. The van der Waals surface area contributed by atoms with E-state index in [1.54, 1.807) is 0 Å². The van der Waals surface area contributed by atoms with Gasteiger partial charge in [0.25, 0.3) is 0 Å². The maximum absolute atomic E-state index is 11.3. The van der Waals surface area contributed by atoms with Crippen molar-refractivity contribution in [2.45, 2.75) is 45.0 Å². The summed E-state index contributed by atoms with van der Waals surface area (Å²) in [5, 5.41) is 11.2. The first kappa shape index (κ1) is 20.5. The lowest BCUT2D eigenvalue weighted by molar-refractivity contribution is -0.0614. The lowest BCUT2D eigenvalue weighted by Gasteiger charge is -2.12. The number of carbonyl (C=O) groups is 1. The van der Waals surface area contributed by atoms with Crippen molar-refractivity contribution >= 4 is 6.09 Å². The van der Waals surface area contributed by atoms with Gasteiger partial charge >= 0.3 is 6.09 Å².